The van der Waals surface area contributed by atoms with Crippen LogP contribution in [-0.4, -0.2) is 52.3 Å². The van der Waals surface area contributed by atoms with Crippen molar-refractivity contribution in [2.75, 3.05) is 19.6 Å². The van der Waals surface area contributed by atoms with Crippen molar-refractivity contribution < 1.29 is 9.59 Å². The van der Waals surface area contributed by atoms with E-state index >= 15 is 0 Å². The van der Waals surface area contributed by atoms with Gasteiger partial charge in [-0.1, -0.05) is 60.7 Å². The summed E-state index contributed by atoms with van der Waals surface area (Å²) in [7, 11) is 0. The van der Waals surface area contributed by atoms with E-state index in [0.717, 1.165) is 22.3 Å². The molecule has 32 heavy (non-hydrogen) atoms. The smallest absolute Gasteiger partial charge is 0.245 e. The second-order valence-corrected chi connectivity index (χ2v) is 8.11. The van der Waals surface area contributed by atoms with Gasteiger partial charge in [0.15, 0.2) is 0 Å². The minimum atomic E-state index is -0.482. The molecule has 1 atom stereocenters. The largest absolute Gasteiger partial charge is 0.339 e. The first-order chi connectivity index (χ1) is 15.7. The Labute approximate surface area is 189 Å². The summed E-state index contributed by atoms with van der Waals surface area (Å²) in [4.78, 5) is 34.4. The maximum atomic E-state index is 13.3. The number of hydrogen-bond donors (Lipinski definition) is 0. The van der Waals surface area contributed by atoms with Crippen LogP contribution in [0.1, 0.15) is 24.5 Å². The fraction of sp³-hybridized carbons (Fsp3) is 0.296. The number of aromatic nitrogens is 1. The Morgan fingerprint density at radius 3 is 2.53 bits per heavy atom. The summed E-state index contributed by atoms with van der Waals surface area (Å²) in [6, 6.07) is 21.6. The van der Waals surface area contributed by atoms with Crippen LogP contribution in [0, 0.1) is 0 Å². The van der Waals surface area contributed by atoms with Gasteiger partial charge < -0.3 is 9.80 Å². The lowest BCUT2D eigenvalue weighted by molar-refractivity contribution is -0.151. The first kappa shape index (κ1) is 21.8. The Morgan fingerprint density at radius 2 is 1.78 bits per heavy atom. The van der Waals surface area contributed by atoms with Crippen molar-refractivity contribution in [3.63, 3.8) is 0 Å². The second-order valence-electron chi connectivity index (χ2n) is 8.11. The number of hydrogen-bond acceptors (Lipinski definition) is 3. The molecule has 0 bridgehead atoms. The molecule has 1 fully saturated rings. The Balaban J connectivity index is 1.57. The molecule has 0 saturated carbocycles. The maximum absolute atomic E-state index is 13.3. The van der Waals surface area contributed by atoms with E-state index in [9.17, 15) is 9.59 Å². The van der Waals surface area contributed by atoms with Crippen molar-refractivity contribution in [1.29, 1.82) is 0 Å². The molecule has 1 saturated heterocycles. The first-order valence-corrected chi connectivity index (χ1v) is 11.3. The van der Waals surface area contributed by atoms with Gasteiger partial charge >= 0.3 is 0 Å². The Kier molecular flexibility index (Phi) is 6.95. The molecule has 1 aliphatic rings. The van der Waals surface area contributed by atoms with Crippen LogP contribution in [-0.2, 0) is 22.4 Å². The summed E-state index contributed by atoms with van der Waals surface area (Å²) < 4.78 is 0. The number of rotatable bonds is 7. The molecule has 3 aromatic rings. The number of carbonyl (C=O) groups excluding carboxylic acids is 2. The number of benzene rings is 2. The summed E-state index contributed by atoms with van der Waals surface area (Å²) in [5.41, 5.74) is 4.26. The first-order valence-electron chi connectivity index (χ1n) is 11.3. The topological polar surface area (TPSA) is 53.5 Å². The van der Waals surface area contributed by atoms with Crippen LogP contribution in [0.5, 0.6) is 0 Å². The zero-order valence-electron chi connectivity index (χ0n) is 18.5. The van der Waals surface area contributed by atoms with E-state index in [1.807, 2.05) is 78.7 Å². The van der Waals surface area contributed by atoms with Crippen molar-refractivity contribution in [2.24, 2.45) is 0 Å². The van der Waals surface area contributed by atoms with E-state index in [-0.39, 0.29) is 11.8 Å². The lowest BCUT2D eigenvalue weighted by Crippen LogP contribution is -2.59. The number of pyridine rings is 1. The van der Waals surface area contributed by atoms with Crippen molar-refractivity contribution >= 4 is 11.8 Å². The fourth-order valence-electron chi connectivity index (χ4n) is 4.40. The van der Waals surface area contributed by atoms with Crippen molar-refractivity contribution in [1.82, 2.24) is 14.8 Å². The zero-order valence-corrected chi connectivity index (χ0v) is 18.5. The quantitative estimate of drug-likeness (QED) is 0.573. The number of piperazine rings is 1. The molecule has 0 N–H and O–H groups in total. The number of nitrogens with zero attached hydrogens (tertiary/aromatic N) is 3. The van der Waals surface area contributed by atoms with Gasteiger partial charge in [-0.2, -0.15) is 0 Å². The minimum absolute atomic E-state index is 0.0350. The van der Waals surface area contributed by atoms with E-state index < -0.39 is 6.04 Å². The molecule has 0 radical (unpaired) electrons. The van der Waals surface area contributed by atoms with Gasteiger partial charge in [-0.05, 0) is 36.1 Å². The van der Waals surface area contributed by atoms with Crippen LogP contribution in [0.3, 0.4) is 0 Å². The van der Waals surface area contributed by atoms with Crippen LogP contribution >= 0.6 is 0 Å². The average Bonchev–Trinajstić information content (AvgIpc) is 2.85. The van der Waals surface area contributed by atoms with E-state index in [1.54, 1.807) is 11.1 Å². The summed E-state index contributed by atoms with van der Waals surface area (Å²) >= 11 is 0. The van der Waals surface area contributed by atoms with Crippen molar-refractivity contribution in [3.05, 3.63) is 90.3 Å². The lowest BCUT2D eigenvalue weighted by Gasteiger charge is -2.40. The van der Waals surface area contributed by atoms with Crippen LogP contribution in [0.2, 0.25) is 0 Å². The van der Waals surface area contributed by atoms with E-state index in [2.05, 4.69) is 11.1 Å². The molecule has 4 rings (SSSR count). The standard InChI is InChI=1S/C27H29N3O2/c1-2-29-17-18-30(26(31)15-14-21-9-4-3-5-10-21)25(27(29)32)19-22-11-6-7-13-24(22)23-12-8-16-28-20-23/h3-13,16,20,25H,2,14-15,17-19H2,1H3. The monoisotopic (exact) mass is 427 g/mol. The van der Waals surface area contributed by atoms with Crippen LogP contribution < -0.4 is 0 Å². The highest BCUT2D eigenvalue weighted by molar-refractivity contribution is 5.89. The normalized spacial score (nSPS) is 16.3. The maximum Gasteiger partial charge on any atom is 0.245 e. The highest BCUT2D eigenvalue weighted by Crippen LogP contribution is 2.26. The van der Waals surface area contributed by atoms with Gasteiger partial charge in [0.1, 0.15) is 6.04 Å². The number of amides is 2. The molecule has 2 heterocycles. The Hall–Kier alpha value is -3.47. The highest BCUT2D eigenvalue weighted by Gasteiger charge is 2.36. The Bertz CT molecular complexity index is 1050. The Morgan fingerprint density at radius 1 is 1.00 bits per heavy atom. The van der Waals surface area contributed by atoms with Crippen LogP contribution in [0.25, 0.3) is 11.1 Å². The summed E-state index contributed by atoms with van der Waals surface area (Å²) in [5, 5.41) is 0. The molecule has 164 valence electrons. The van der Waals surface area contributed by atoms with Crippen molar-refractivity contribution in [2.45, 2.75) is 32.2 Å². The van der Waals surface area contributed by atoms with Crippen LogP contribution in [0.15, 0.2) is 79.1 Å². The molecule has 5 heteroatoms. The number of aryl methyl sites for hydroxylation is 1. The number of carbonyl (C=O) groups is 2. The van der Waals surface area contributed by atoms with Gasteiger partial charge in [0, 0.05) is 50.4 Å². The second kappa shape index (κ2) is 10.2. The molecule has 2 aromatic carbocycles. The molecule has 1 unspecified atom stereocenters. The van der Waals surface area contributed by atoms with Gasteiger partial charge in [0.05, 0.1) is 0 Å². The summed E-state index contributed by atoms with van der Waals surface area (Å²) in [6.45, 7) is 3.82. The average molecular weight is 428 g/mol. The van der Waals surface area contributed by atoms with Crippen LogP contribution in [0.4, 0.5) is 0 Å². The predicted molar refractivity (Wildman–Crippen MR) is 126 cm³/mol. The lowest BCUT2D eigenvalue weighted by atomic mass is 9.93. The third-order valence-corrected chi connectivity index (χ3v) is 6.16. The third-order valence-electron chi connectivity index (χ3n) is 6.16. The number of likely N-dealkylation sites (N-methyl/N-ethyl adjacent to an activating group) is 1. The van der Waals surface area contributed by atoms with E-state index in [4.69, 9.17) is 0 Å². The highest BCUT2D eigenvalue weighted by atomic mass is 16.2. The molecule has 1 aliphatic heterocycles. The molecule has 0 aliphatic carbocycles. The summed E-state index contributed by atoms with van der Waals surface area (Å²) in [6.07, 6.45) is 5.17. The molecular weight excluding hydrogens is 398 g/mol. The molecule has 5 nitrogen and oxygen atoms in total. The zero-order chi connectivity index (χ0) is 22.3. The third kappa shape index (κ3) is 4.88. The molecule has 1 aromatic heterocycles. The van der Waals surface area contributed by atoms with Gasteiger partial charge in [0.25, 0.3) is 0 Å². The fourth-order valence-corrected chi connectivity index (χ4v) is 4.40. The SMILES string of the molecule is CCN1CCN(C(=O)CCc2ccccc2)C(Cc2ccccc2-c2cccnc2)C1=O. The van der Waals surface area contributed by atoms with E-state index in [1.165, 1.54) is 0 Å². The molecular formula is C27H29N3O2. The molecule has 0 spiro atoms. The minimum Gasteiger partial charge on any atom is -0.339 e. The van der Waals surface area contributed by atoms with Gasteiger partial charge in [-0.25, -0.2) is 0 Å². The van der Waals surface area contributed by atoms with Gasteiger partial charge in [-0.15, -0.1) is 0 Å². The summed E-state index contributed by atoms with van der Waals surface area (Å²) in [5.74, 6) is 0.0783. The predicted octanol–water partition coefficient (Wildman–Crippen LogP) is 3.98. The van der Waals surface area contributed by atoms with Gasteiger partial charge in [-0.3, -0.25) is 14.6 Å². The van der Waals surface area contributed by atoms with Crippen molar-refractivity contribution in [3.8, 4) is 11.1 Å². The van der Waals surface area contributed by atoms with Gasteiger partial charge in [0.2, 0.25) is 11.8 Å². The van der Waals surface area contributed by atoms with E-state index in [0.29, 0.717) is 38.9 Å². The molecule has 2 amide bonds.